The van der Waals surface area contributed by atoms with Gasteiger partial charge in [-0.25, -0.2) is 4.98 Å². The van der Waals surface area contributed by atoms with Crippen molar-refractivity contribution in [2.45, 2.75) is 19.3 Å². The summed E-state index contributed by atoms with van der Waals surface area (Å²) in [6.07, 6.45) is 2.37. The van der Waals surface area contributed by atoms with Crippen molar-refractivity contribution in [3.8, 4) is 11.5 Å². The summed E-state index contributed by atoms with van der Waals surface area (Å²) in [6.45, 7) is 1.03. The lowest BCUT2D eigenvalue weighted by molar-refractivity contribution is -0.126. The van der Waals surface area contributed by atoms with Crippen LogP contribution in [0.3, 0.4) is 0 Å². The average Bonchev–Trinajstić information content (AvgIpc) is 3.06. The normalized spacial score (nSPS) is 15.7. The van der Waals surface area contributed by atoms with Crippen LogP contribution in [0.1, 0.15) is 17.8 Å². The Morgan fingerprint density at radius 2 is 2.18 bits per heavy atom. The van der Waals surface area contributed by atoms with Crippen LogP contribution >= 0.6 is 0 Å². The number of amides is 1. The predicted molar refractivity (Wildman–Crippen MR) is 108 cm³/mol. The SMILES string of the molecule is COc1ccc2c(c1)OC[C@@H](C(=O)NCCCc1nc3ccccc3n1C)C2. The Balaban J connectivity index is 1.28. The van der Waals surface area contributed by atoms with E-state index in [1.165, 1.54) is 0 Å². The van der Waals surface area contributed by atoms with Gasteiger partial charge in [0.05, 0.1) is 24.1 Å². The number of hydrogen-bond donors (Lipinski definition) is 1. The second-order valence-corrected chi connectivity index (χ2v) is 7.16. The van der Waals surface area contributed by atoms with E-state index in [4.69, 9.17) is 9.47 Å². The van der Waals surface area contributed by atoms with Gasteiger partial charge in [-0.1, -0.05) is 18.2 Å². The Bertz CT molecular complexity index is 996. The number of carbonyl (C=O) groups excluding carboxylic acids is 1. The van der Waals surface area contributed by atoms with Crippen LogP contribution in [0.5, 0.6) is 11.5 Å². The van der Waals surface area contributed by atoms with Crippen LogP contribution in [-0.4, -0.2) is 35.7 Å². The number of nitrogens with zero attached hydrogens (tertiary/aromatic N) is 2. The van der Waals surface area contributed by atoms with Crippen LogP contribution in [0.25, 0.3) is 11.0 Å². The molecule has 0 spiro atoms. The van der Waals surface area contributed by atoms with Crippen LogP contribution in [0, 0.1) is 5.92 Å². The van der Waals surface area contributed by atoms with Crippen LogP contribution < -0.4 is 14.8 Å². The molecule has 0 bridgehead atoms. The lowest BCUT2D eigenvalue weighted by Gasteiger charge is -2.25. The number of para-hydroxylation sites is 2. The third kappa shape index (κ3) is 3.67. The molecule has 28 heavy (non-hydrogen) atoms. The molecule has 6 nitrogen and oxygen atoms in total. The molecule has 0 unspecified atom stereocenters. The lowest BCUT2D eigenvalue weighted by Crippen LogP contribution is -2.37. The molecule has 1 aromatic heterocycles. The Kier molecular flexibility index (Phi) is 5.19. The van der Waals surface area contributed by atoms with E-state index in [-0.39, 0.29) is 11.8 Å². The summed E-state index contributed by atoms with van der Waals surface area (Å²) in [4.78, 5) is 17.2. The molecule has 6 heteroatoms. The fourth-order valence-electron chi connectivity index (χ4n) is 3.67. The number of aryl methyl sites for hydroxylation is 2. The van der Waals surface area contributed by atoms with Gasteiger partial charge in [0.1, 0.15) is 23.9 Å². The standard InChI is InChI=1S/C22H25N3O3/c1-25-19-7-4-3-6-18(19)24-21(25)8-5-11-23-22(26)16-12-15-9-10-17(27-2)13-20(15)28-14-16/h3-4,6-7,9-10,13,16H,5,8,11-12,14H2,1-2H3,(H,23,26)/t16-/m0/s1. The van der Waals surface area contributed by atoms with Crippen molar-refractivity contribution in [2.24, 2.45) is 13.0 Å². The Morgan fingerprint density at radius 3 is 3.00 bits per heavy atom. The predicted octanol–water partition coefficient (Wildman–Crippen LogP) is 2.88. The topological polar surface area (TPSA) is 65.4 Å². The maximum atomic E-state index is 12.5. The second-order valence-electron chi connectivity index (χ2n) is 7.16. The molecular formula is C22H25N3O3. The molecule has 0 saturated carbocycles. The highest BCUT2D eigenvalue weighted by Gasteiger charge is 2.26. The number of methoxy groups -OCH3 is 1. The molecule has 2 aromatic carbocycles. The van der Waals surface area contributed by atoms with Gasteiger partial charge in [0.2, 0.25) is 5.91 Å². The first-order chi connectivity index (χ1) is 13.7. The quantitative estimate of drug-likeness (QED) is 0.669. The highest BCUT2D eigenvalue weighted by atomic mass is 16.5. The van der Waals surface area contributed by atoms with Crippen LogP contribution in [-0.2, 0) is 24.7 Å². The van der Waals surface area contributed by atoms with Gasteiger partial charge in [0, 0.05) is 26.1 Å². The maximum absolute atomic E-state index is 12.5. The summed E-state index contributed by atoms with van der Waals surface area (Å²) in [6, 6.07) is 13.9. The molecule has 1 amide bonds. The van der Waals surface area contributed by atoms with E-state index in [9.17, 15) is 4.79 Å². The first kappa shape index (κ1) is 18.3. The zero-order valence-electron chi connectivity index (χ0n) is 16.3. The molecule has 146 valence electrons. The van der Waals surface area contributed by atoms with Gasteiger partial charge in [0.25, 0.3) is 0 Å². The van der Waals surface area contributed by atoms with E-state index in [0.717, 1.165) is 46.8 Å². The molecule has 4 rings (SSSR count). The third-order valence-electron chi connectivity index (χ3n) is 5.31. The van der Waals surface area contributed by atoms with Crippen molar-refractivity contribution in [3.63, 3.8) is 0 Å². The first-order valence-electron chi connectivity index (χ1n) is 9.63. The summed E-state index contributed by atoms with van der Waals surface area (Å²) >= 11 is 0. The van der Waals surface area contributed by atoms with Crippen molar-refractivity contribution >= 4 is 16.9 Å². The first-order valence-corrected chi connectivity index (χ1v) is 9.63. The minimum atomic E-state index is -0.156. The third-order valence-corrected chi connectivity index (χ3v) is 5.31. The minimum absolute atomic E-state index is 0.0477. The fourth-order valence-corrected chi connectivity index (χ4v) is 3.67. The Morgan fingerprint density at radius 1 is 1.32 bits per heavy atom. The number of nitrogens with one attached hydrogen (secondary N) is 1. The van der Waals surface area contributed by atoms with Crippen LogP contribution in [0.15, 0.2) is 42.5 Å². The Hall–Kier alpha value is -3.02. The molecule has 1 atom stereocenters. The zero-order chi connectivity index (χ0) is 19.5. The monoisotopic (exact) mass is 379 g/mol. The molecular weight excluding hydrogens is 354 g/mol. The van der Waals surface area contributed by atoms with Gasteiger partial charge in [-0.2, -0.15) is 0 Å². The van der Waals surface area contributed by atoms with Gasteiger partial charge in [-0.3, -0.25) is 4.79 Å². The average molecular weight is 379 g/mol. The number of hydrogen-bond acceptors (Lipinski definition) is 4. The summed E-state index contributed by atoms with van der Waals surface area (Å²) in [7, 11) is 3.67. The van der Waals surface area contributed by atoms with Crippen molar-refractivity contribution in [2.75, 3.05) is 20.3 Å². The fraction of sp³-hybridized carbons (Fsp3) is 0.364. The molecule has 3 aromatic rings. The summed E-state index contributed by atoms with van der Waals surface area (Å²) in [5, 5.41) is 3.05. The smallest absolute Gasteiger partial charge is 0.226 e. The van der Waals surface area contributed by atoms with Gasteiger partial charge in [-0.15, -0.1) is 0 Å². The lowest BCUT2D eigenvalue weighted by atomic mass is 9.96. The van der Waals surface area contributed by atoms with Crippen LogP contribution in [0.4, 0.5) is 0 Å². The zero-order valence-corrected chi connectivity index (χ0v) is 16.3. The van der Waals surface area contributed by atoms with Crippen molar-refractivity contribution in [1.82, 2.24) is 14.9 Å². The Labute approximate surface area is 164 Å². The number of carbonyl (C=O) groups is 1. The van der Waals surface area contributed by atoms with E-state index in [2.05, 4.69) is 20.9 Å². The molecule has 1 aliphatic heterocycles. The highest BCUT2D eigenvalue weighted by Crippen LogP contribution is 2.31. The summed E-state index contributed by atoms with van der Waals surface area (Å²) < 4.78 is 13.1. The largest absolute Gasteiger partial charge is 0.497 e. The molecule has 1 N–H and O–H groups in total. The van der Waals surface area contributed by atoms with Crippen molar-refractivity contribution in [3.05, 3.63) is 53.9 Å². The van der Waals surface area contributed by atoms with Crippen molar-refractivity contribution in [1.29, 1.82) is 0 Å². The van der Waals surface area contributed by atoms with Gasteiger partial charge in [0.15, 0.2) is 0 Å². The van der Waals surface area contributed by atoms with E-state index >= 15 is 0 Å². The summed E-state index contributed by atoms with van der Waals surface area (Å²) in [5.41, 5.74) is 3.20. The van der Waals surface area contributed by atoms with E-state index in [1.54, 1.807) is 7.11 Å². The molecule has 2 heterocycles. The van der Waals surface area contributed by atoms with Gasteiger partial charge >= 0.3 is 0 Å². The highest BCUT2D eigenvalue weighted by molar-refractivity contribution is 5.79. The van der Waals surface area contributed by atoms with Crippen LogP contribution in [0.2, 0.25) is 0 Å². The number of aromatic nitrogens is 2. The van der Waals surface area contributed by atoms with Gasteiger partial charge in [-0.05, 0) is 36.6 Å². The number of fused-ring (bicyclic) bond motifs is 2. The summed E-state index contributed by atoms with van der Waals surface area (Å²) in [5.74, 6) is 2.51. The second kappa shape index (κ2) is 7.92. The van der Waals surface area contributed by atoms with E-state index in [0.29, 0.717) is 19.6 Å². The number of ether oxygens (including phenoxy) is 2. The molecule has 0 saturated heterocycles. The van der Waals surface area contributed by atoms with Gasteiger partial charge < -0.3 is 19.4 Å². The minimum Gasteiger partial charge on any atom is -0.497 e. The van der Waals surface area contributed by atoms with E-state index < -0.39 is 0 Å². The number of imidazole rings is 1. The van der Waals surface area contributed by atoms with E-state index in [1.807, 2.05) is 43.4 Å². The molecule has 0 fully saturated rings. The van der Waals surface area contributed by atoms with Crippen molar-refractivity contribution < 1.29 is 14.3 Å². The maximum Gasteiger partial charge on any atom is 0.226 e. The molecule has 1 aliphatic rings. The number of benzene rings is 2. The number of rotatable bonds is 6. The molecule has 0 radical (unpaired) electrons. The molecule has 0 aliphatic carbocycles.